The van der Waals surface area contributed by atoms with Gasteiger partial charge in [-0.15, -0.1) is 0 Å². The van der Waals surface area contributed by atoms with Crippen molar-refractivity contribution in [3.8, 4) is 0 Å². The Morgan fingerprint density at radius 1 is 0.812 bits per heavy atom. The van der Waals surface area contributed by atoms with Gasteiger partial charge in [0.1, 0.15) is 0 Å². The molecule has 0 heterocycles. The van der Waals surface area contributed by atoms with Gasteiger partial charge in [0, 0.05) is 10.3 Å². The maximum absolute atomic E-state index is 13.1. The van der Waals surface area contributed by atoms with E-state index in [1.807, 2.05) is 30.3 Å². The lowest BCUT2D eigenvalue weighted by Gasteiger charge is -2.18. The SMILES string of the molecule is CCCCCCCCCCCCSC(CS(=O)(=O)c1cc(Cl)ccc1Cl)c1ccccc1. The van der Waals surface area contributed by atoms with Gasteiger partial charge in [-0.25, -0.2) is 8.42 Å². The Morgan fingerprint density at radius 3 is 2.03 bits per heavy atom. The molecule has 0 saturated carbocycles. The van der Waals surface area contributed by atoms with Gasteiger partial charge in [-0.2, -0.15) is 11.8 Å². The van der Waals surface area contributed by atoms with Crippen LogP contribution >= 0.6 is 35.0 Å². The molecular formula is C26H36Cl2O2S2. The molecule has 1 unspecified atom stereocenters. The van der Waals surface area contributed by atoms with Gasteiger partial charge in [0.05, 0.1) is 15.7 Å². The molecule has 178 valence electrons. The first kappa shape index (κ1) is 27.6. The molecule has 0 bridgehead atoms. The number of hydrogen-bond donors (Lipinski definition) is 0. The number of unbranched alkanes of at least 4 members (excludes halogenated alkanes) is 9. The Labute approximate surface area is 209 Å². The molecule has 0 N–H and O–H groups in total. The van der Waals surface area contributed by atoms with Gasteiger partial charge < -0.3 is 0 Å². The average Bonchev–Trinajstić information content (AvgIpc) is 2.78. The normalized spacial score (nSPS) is 12.7. The molecule has 0 aliphatic rings. The quantitative estimate of drug-likeness (QED) is 0.209. The number of halogens is 2. The van der Waals surface area contributed by atoms with Crippen molar-refractivity contribution < 1.29 is 8.42 Å². The van der Waals surface area contributed by atoms with E-state index in [0.29, 0.717) is 5.02 Å². The zero-order valence-electron chi connectivity index (χ0n) is 19.1. The lowest BCUT2D eigenvalue weighted by atomic mass is 10.1. The predicted octanol–water partition coefficient (Wildman–Crippen LogP) is 9.16. The van der Waals surface area contributed by atoms with Crippen molar-refractivity contribution in [1.29, 1.82) is 0 Å². The number of hydrogen-bond acceptors (Lipinski definition) is 3. The van der Waals surface area contributed by atoms with E-state index in [0.717, 1.165) is 17.7 Å². The highest BCUT2D eigenvalue weighted by Crippen LogP contribution is 2.35. The Morgan fingerprint density at radius 2 is 1.41 bits per heavy atom. The molecule has 2 aromatic carbocycles. The fraction of sp³-hybridized carbons (Fsp3) is 0.538. The maximum atomic E-state index is 13.1. The first-order valence-corrected chi connectivity index (χ1v) is 15.2. The van der Waals surface area contributed by atoms with Crippen molar-refractivity contribution in [2.75, 3.05) is 11.5 Å². The van der Waals surface area contributed by atoms with Crippen LogP contribution < -0.4 is 0 Å². The second-order valence-corrected chi connectivity index (χ2v) is 12.5. The van der Waals surface area contributed by atoms with Gasteiger partial charge in [-0.05, 0) is 35.9 Å². The summed E-state index contributed by atoms with van der Waals surface area (Å²) in [6.45, 7) is 2.25. The minimum atomic E-state index is -3.56. The fourth-order valence-electron chi connectivity index (χ4n) is 3.73. The Bertz CT molecular complexity index is 886. The standard InChI is InChI=1S/C26H36Cl2O2S2/c1-2-3-4-5-6-7-8-9-10-14-19-31-25(22-15-12-11-13-16-22)21-32(29,30)26-20-23(27)17-18-24(26)28/h11-13,15-18,20,25H,2-10,14,19,21H2,1H3. The third-order valence-electron chi connectivity index (χ3n) is 5.59. The van der Waals surface area contributed by atoms with E-state index >= 15 is 0 Å². The topological polar surface area (TPSA) is 34.1 Å². The lowest BCUT2D eigenvalue weighted by molar-refractivity contribution is 0.563. The van der Waals surface area contributed by atoms with Crippen molar-refractivity contribution >= 4 is 44.8 Å². The highest BCUT2D eigenvalue weighted by molar-refractivity contribution is 8.01. The van der Waals surface area contributed by atoms with Crippen LogP contribution in [0.1, 0.15) is 81.9 Å². The Hall–Kier alpha value is -0.680. The average molecular weight is 516 g/mol. The van der Waals surface area contributed by atoms with Crippen LogP contribution in [0.3, 0.4) is 0 Å². The minimum Gasteiger partial charge on any atom is -0.224 e. The zero-order chi connectivity index (χ0) is 23.2. The summed E-state index contributed by atoms with van der Waals surface area (Å²) in [4.78, 5) is 0.118. The molecule has 0 saturated heterocycles. The summed E-state index contributed by atoms with van der Waals surface area (Å²) in [6, 6.07) is 14.5. The molecule has 0 aromatic heterocycles. The van der Waals surface area contributed by atoms with E-state index < -0.39 is 9.84 Å². The molecule has 2 nitrogen and oxygen atoms in total. The number of sulfone groups is 1. The van der Waals surface area contributed by atoms with E-state index in [9.17, 15) is 8.42 Å². The molecule has 0 spiro atoms. The van der Waals surface area contributed by atoms with Crippen molar-refractivity contribution in [1.82, 2.24) is 0 Å². The molecular weight excluding hydrogens is 479 g/mol. The van der Waals surface area contributed by atoms with Crippen LogP contribution in [0, 0.1) is 0 Å². The molecule has 0 radical (unpaired) electrons. The van der Waals surface area contributed by atoms with E-state index in [4.69, 9.17) is 23.2 Å². The van der Waals surface area contributed by atoms with Crippen LogP contribution in [0.2, 0.25) is 10.0 Å². The molecule has 0 aliphatic heterocycles. The molecule has 1 atom stereocenters. The van der Waals surface area contributed by atoms with Gasteiger partial charge in [-0.3, -0.25) is 0 Å². The summed E-state index contributed by atoms with van der Waals surface area (Å²) < 4.78 is 26.3. The molecule has 2 aromatic rings. The summed E-state index contributed by atoms with van der Waals surface area (Å²) in [5.74, 6) is 0.967. The summed E-state index contributed by atoms with van der Waals surface area (Å²) >= 11 is 14.0. The molecule has 32 heavy (non-hydrogen) atoms. The van der Waals surface area contributed by atoms with Crippen molar-refractivity contribution in [3.63, 3.8) is 0 Å². The molecule has 0 fully saturated rings. The second kappa shape index (κ2) is 15.3. The van der Waals surface area contributed by atoms with Crippen molar-refractivity contribution in [3.05, 3.63) is 64.1 Å². The second-order valence-electron chi connectivity index (χ2n) is 8.31. The van der Waals surface area contributed by atoms with E-state index in [1.165, 1.54) is 63.9 Å². The summed E-state index contributed by atoms with van der Waals surface area (Å²) in [7, 11) is -3.56. The van der Waals surface area contributed by atoms with Crippen molar-refractivity contribution in [2.24, 2.45) is 0 Å². The van der Waals surface area contributed by atoms with Crippen LogP contribution in [0.5, 0.6) is 0 Å². The fourth-order valence-corrected chi connectivity index (χ4v) is 7.80. The monoisotopic (exact) mass is 514 g/mol. The van der Waals surface area contributed by atoms with Gasteiger partial charge in [-0.1, -0.05) is 118 Å². The van der Waals surface area contributed by atoms with Crippen LogP contribution in [0.25, 0.3) is 0 Å². The smallest absolute Gasteiger partial charge is 0.181 e. The molecule has 2 rings (SSSR count). The molecule has 0 amide bonds. The highest BCUT2D eigenvalue weighted by Gasteiger charge is 2.25. The van der Waals surface area contributed by atoms with Crippen LogP contribution in [-0.2, 0) is 9.84 Å². The van der Waals surface area contributed by atoms with Crippen molar-refractivity contribution in [2.45, 2.75) is 81.3 Å². The largest absolute Gasteiger partial charge is 0.224 e. The summed E-state index contributed by atoms with van der Waals surface area (Å²) in [5.41, 5.74) is 1.03. The number of thioether (sulfide) groups is 1. The van der Waals surface area contributed by atoms with Gasteiger partial charge >= 0.3 is 0 Å². The minimum absolute atomic E-state index is 0.0134. The molecule has 6 heteroatoms. The Kier molecular flexibility index (Phi) is 13.1. The zero-order valence-corrected chi connectivity index (χ0v) is 22.2. The van der Waals surface area contributed by atoms with Gasteiger partial charge in [0.2, 0.25) is 0 Å². The Balaban J connectivity index is 1.85. The molecule has 0 aliphatic carbocycles. The highest BCUT2D eigenvalue weighted by atomic mass is 35.5. The maximum Gasteiger partial charge on any atom is 0.181 e. The third-order valence-corrected chi connectivity index (χ3v) is 9.62. The van der Waals surface area contributed by atoms with E-state index in [1.54, 1.807) is 23.9 Å². The lowest BCUT2D eigenvalue weighted by Crippen LogP contribution is -2.14. The van der Waals surface area contributed by atoms with Crippen LogP contribution in [0.15, 0.2) is 53.4 Å². The first-order chi connectivity index (χ1) is 15.4. The number of rotatable bonds is 16. The van der Waals surface area contributed by atoms with E-state index in [2.05, 4.69) is 6.92 Å². The summed E-state index contributed by atoms with van der Waals surface area (Å²) in [6.07, 6.45) is 13.0. The van der Waals surface area contributed by atoms with Gasteiger partial charge in [0.15, 0.2) is 9.84 Å². The third kappa shape index (κ3) is 10.1. The summed E-state index contributed by atoms with van der Waals surface area (Å²) in [5, 5.41) is 0.470. The first-order valence-electron chi connectivity index (χ1n) is 11.8. The van der Waals surface area contributed by atoms with Gasteiger partial charge in [0.25, 0.3) is 0 Å². The van der Waals surface area contributed by atoms with E-state index in [-0.39, 0.29) is 20.9 Å². The number of benzene rings is 2. The predicted molar refractivity (Wildman–Crippen MR) is 142 cm³/mol. The van der Waals surface area contributed by atoms with Crippen LogP contribution in [-0.4, -0.2) is 19.9 Å². The van der Waals surface area contributed by atoms with Crippen LogP contribution in [0.4, 0.5) is 0 Å².